The Morgan fingerprint density at radius 1 is 0.636 bits per heavy atom. The molecule has 2 aromatic heterocycles. The molecular formula is C24H30Br2N2O4Se. The Balaban J connectivity index is 0.00000130. The van der Waals surface area contributed by atoms with Crippen LogP contribution in [0, 0.1) is 0 Å². The van der Waals surface area contributed by atoms with Crippen molar-refractivity contribution < 1.29 is 62.0 Å². The molecule has 2 aromatic rings. The summed E-state index contributed by atoms with van der Waals surface area (Å²) in [5, 5.41) is 0. The topological polar surface area (TPSA) is 44.7 Å². The van der Waals surface area contributed by atoms with Crippen LogP contribution in [0.25, 0.3) is 0 Å². The van der Waals surface area contributed by atoms with Crippen LogP contribution >= 0.6 is 0 Å². The van der Waals surface area contributed by atoms with E-state index >= 15 is 0 Å². The number of pyridine rings is 2. The van der Waals surface area contributed by atoms with Crippen LogP contribution in [0.4, 0.5) is 0 Å². The van der Waals surface area contributed by atoms with E-state index in [1.165, 1.54) is 25.7 Å². The second-order valence-corrected chi connectivity index (χ2v) is 11.9. The van der Waals surface area contributed by atoms with Crippen molar-refractivity contribution in [1.29, 1.82) is 0 Å². The number of hydrogen-bond donors (Lipinski definition) is 0. The SMILES string of the molecule is [Br-].[Br-].c1cc(C2OCCO2)c[n+](C2CCC3[Se]C2CCC3[n+]2cccc(C3OCCO3)c2)c1. The quantitative estimate of drug-likeness (QED) is 0.262. The molecule has 33 heavy (non-hydrogen) atoms. The number of ether oxygens (including phenoxy) is 4. The molecule has 0 saturated carbocycles. The first kappa shape index (κ1) is 25.7. The third-order valence-electron chi connectivity index (χ3n) is 6.95. The molecule has 2 bridgehead atoms. The number of rotatable bonds is 4. The Bertz CT molecular complexity index is 853. The molecule has 4 aliphatic heterocycles. The number of aromatic nitrogens is 2. The van der Waals surface area contributed by atoms with Gasteiger partial charge in [-0.25, -0.2) is 0 Å². The van der Waals surface area contributed by atoms with Gasteiger partial charge in [-0.05, 0) is 0 Å². The van der Waals surface area contributed by atoms with Crippen LogP contribution in [0.1, 0.15) is 61.5 Å². The average molecular weight is 649 g/mol. The number of hydrogen-bond acceptors (Lipinski definition) is 4. The van der Waals surface area contributed by atoms with Crippen LogP contribution in [0.2, 0.25) is 9.63 Å². The van der Waals surface area contributed by atoms with Crippen molar-refractivity contribution in [3.63, 3.8) is 0 Å². The first-order chi connectivity index (χ1) is 15.3. The molecule has 0 N–H and O–H groups in total. The van der Waals surface area contributed by atoms with Crippen molar-refractivity contribution in [2.45, 2.75) is 60.0 Å². The molecule has 6 nitrogen and oxygen atoms in total. The van der Waals surface area contributed by atoms with Crippen molar-refractivity contribution in [1.82, 2.24) is 0 Å². The van der Waals surface area contributed by atoms with Gasteiger partial charge in [0.25, 0.3) is 0 Å². The van der Waals surface area contributed by atoms with Gasteiger partial charge >= 0.3 is 190 Å². The molecular weight excluding hydrogens is 619 g/mol. The van der Waals surface area contributed by atoms with E-state index in [0.29, 0.717) is 53.5 Å². The van der Waals surface area contributed by atoms with Gasteiger partial charge in [0.2, 0.25) is 0 Å². The average Bonchev–Trinajstić information content (AvgIpc) is 3.54. The van der Waals surface area contributed by atoms with Crippen LogP contribution in [0.3, 0.4) is 0 Å². The summed E-state index contributed by atoms with van der Waals surface area (Å²) in [7, 11) is 0. The Morgan fingerprint density at radius 3 is 1.48 bits per heavy atom. The molecule has 4 unspecified atom stereocenters. The summed E-state index contributed by atoms with van der Waals surface area (Å²) in [5.74, 6) is 0. The van der Waals surface area contributed by atoms with Crippen molar-refractivity contribution in [3.05, 3.63) is 60.2 Å². The van der Waals surface area contributed by atoms with Crippen molar-refractivity contribution in [3.8, 4) is 0 Å². The van der Waals surface area contributed by atoms with Gasteiger partial charge in [0.15, 0.2) is 0 Å². The van der Waals surface area contributed by atoms with Gasteiger partial charge in [-0.2, -0.15) is 0 Å². The first-order valence-corrected chi connectivity index (χ1v) is 13.5. The maximum atomic E-state index is 5.72. The van der Waals surface area contributed by atoms with Gasteiger partial charge in [0.05, 0.1) is 0 Å². The summed E-state index contributed by atoms with van der Waals surface area (Å²) >= 11 is 0.637. The van der Waals surface area contributed by atoms with Crippen molar-refractivity contribution >= 4 is 15.0 Å². The standard InChI is InChI=1S/C24H30N2O4Se.2BrH/c1-3-17(23-27-11-12-28-23)15-25(9-1)19-5-7-22-20(6-8-21(19)31-22)26-10-2-4-18(16-26)24-29-13-14-30-24;;/h1-4,9-10,15-16,19-24H,5-8,11-14H2;2*1H/q+2;;/p-2. The molecule has 0 radical (unpaired) electrons. The molecule has 4 aliphatic rings. The van der Waals surface area contributed by atoms with Gasteiger partial charge in [-0.3, -0.25) is 0 Å². The molecule has 4 fully saturated rings. The molecule has 0 amide bonds. The molecule has 0 spiro atoms. The second kappa shape index (κ2) is 11.6. The predicted octanol–water partition coefficient (Wildman–Crippen LogP) is -2.99. The third-order valence-corrected chi connectivity index (χ3v) is 10.7. The van der Waals surface area contributed by atoms with E-state index in [1.807, 2.05) is 0 Å². The Labute approximate surface area is 222 Å². The molecule has 4 saturated heterocycles. The summed E-state index contributed by atoms with van der Waals surface area (Å²) in [5.41, 5.74) is 2.29. The summed E-state index contributed by atoms with van der Waals surface area (Å²) in [6.07, 6.45) is 13.7. The van der Waals surface area contributed by atoms with Gasteiger partial charge in [-0.15, -0.1) is 0 Å². The number of nitrogens with zero attached hydrogens (tertiary/aromatic N) is 2. The van der Waals surface area contributed by atoms with E-state index in [-0.39, 0.29) is 46.5 Å². The van der Waals surface area contributed by atoms with Gasteiger partial charge in [0, 0.05) is 0 Å². The predicted molar refractivity (Wildman–Crippen MR) is 112 cm³/mol. The molecule has 0 aliphatic carbocycles. The Kier molecular flexibility index (Phi) is 9.01. The normalized spacial score (nSPS) is 29.9. The third kappa shape index (κ3) is 5.41. The monoisotopic (exact) mass is 648 g/mol. The van der Waals surface area contributed by atoms with E-state index in [0.717, 1.165) is 20.8 Å². The van der Waals surface area contributed by atoms with E-state index in [4.69, 9.17) is 18.9 Å². The van der Waals surface area contributed by atoms with Crippen LogP contribution in [0.15, 0.2) is 49.1 Å². The Hall–Kier alpha value is -0.381. The van der Waals surface area contributed by atoms with Crippen molar-refractivity contribution in [2.75, 3.05) is 26.4 Å². The molecule has 9 heteroatoms. The van der Waals surface area contributed by atoms with Crippen LogP contribution in [0.5, 0.6) is 0 Å². The minimum atomic E-state index is -0.193. The summed E-state index contributed by atoms with van der Waals surface area (Å²) in [4.78, 5) is 1.61. The van der Waals surface area contributed by atoms with E-state index in [9.17, 15) is 0 Å². The Morgan fingerprint density at radius 2 is 1.06 bits per heavy atom. The zero-order chi connectivity index (χ0) is 20.6. The summed E-state index contributed by atoms with van der Waals surface area (Å²) in [6, 6.07) is 9.77. The number of halogens is 2. The second-order valence-electron chi connectivity index (χ2n) is 8.82. The number of fused-ring (bicyclic) bond motifs is 2. The zero-order valence-electron chi connectivity index (χ0n) is 18.4. The molecule has 4 atom stereocenters. The molecule has 180 valence electrons. The van der Waals surface area contributed by atoms with Gasteiger partial charge in [-0.1, -0.05) is 0 Å². The van der Waals surface area contributed by atoms with Crippen LogP contribution < -0.4 is 43.1 Å². The first-order valence-electron chi connectivity index (χ1n) is 11.5. The fraction of sp³-hybridized carbons (Fsp3) is 0.583. The molecule has 6 heterocycles. The van der Waals surface area contributed by atoms with Crippen molar-refractivity contribution in [2.24, 2.45) is 0 Å². The fourth-order valence-electron chi connectivity index (χ4n) is 5.47. The van der Waals surface area contributed by atoms with Gasteiger partial charge in [0.1, 0.15) is 0 Å². The van der Waals surface area contributed by atoms with E-state index in [2.05, 4.69) is 58.2 Å². The fourth-order valence-corrected chi connectivity index (χ4v) is 9.47. The van der Waals surface area contributed by atoms with Crippen LogP contribution in [-0.2, 0) is 18.9 Å². The van der Waals surface area contributed by atoms with E-state index in [1.54, 1.807) is 0 Å². The minimum absolute atomic E-state index is 0. The maximum absolute atomic E-state index is 5.72. The van der Waals surface area contributed by atoms with Gasteiger partial charge < -0.3 is 34.0 Å². The summed E-state index contributed by atoms with van der Waals surface area (Å²) < 4.78 is 27.8. The summed E-state index contributed by atoms with van der Waals surface area (Å²) in [6.45, 7) is 2.76. The molecule has 0 aromatic carbocycles. The molecule has 6 rings (SSSR count). The van der Waals surface area contributed by atoms with Crippen LogP contribution in [-0.4, -0.2) is 41.4 Å². The van der Waals surface area contributed by atoms with E-state index < -0.39 is 0 Å². The zero-order valence-corrected chi connectivity index (χ0v) is 23.3.